The summed E-state index contributed by atoms with van der Waals surface area (Å²) in [6.07, 6.45) is 3.36. The summed E-state index contributed by atoms with van der Waals surface area (Å²) < 4.78 is 7.67. The average molecular weight is 398 g/mol. The summed E-state index contributed by atoms with van der Waals surface area (Å²) in [6, 6.07) is 7.25. The van der Waals surface area contributed by atoms with Crippen LogP contribution < -0.4 is 16.6 Å². The van der Waals surface area contributed by atoms with Crippen molar-refractivity contribution in [2.24, 2.45) is 5.73 Å². The molecule has 1 saturated heterocycles. The molecule has 4 rings (SSSR count). The Morgan fingerprint density at radius 1 is 1.28 bits per heavy atom. The number of nitrogens with two attached hydrogens (primary N) is 1. The molecule has 1 amide bonds. The highest BCUT2D eigenvalue weighted by Crippen LogP contribution is 2.21. The molecule has 0 bridgehead atoms. The molecular formula is C19H22N6O4. The Morgan fingerprint density at radius 2 is 2.00 bits per heavy atom. The fourth-order valence-electron chi connectivity index (χ4n) is 3.51. The first-order valence-electron chi connectivity index (χ1n) is 9.33. The van der Waals surface area contributed by atoms with Crippen LogP contribution in [-0.4, -0.2) is 49.1 Å². The highest BCUT2D eigenvalue weighted by atomic mass is 16.5. The van der Waals surface area contributed by atoms with Gasteiger partial charge in [-0.15, -0.1) is 0 Å². The van der Waals surface area contributed by atoms with Crippen LogP contribution in [-0.2, 0) is 17.9 Å². The zero-order valence-corrected chi connectivity index (χ0v) is 15.7. The molecule has 1 aliphatic heterocycles. The fraction of sp³-hybridized carbons (Fsp3) is 0.368. The number of fused-ring (bicyclic) bond motifs is 1. The summed E-state index contributed by atoms with van der Waals surface area (Å²) in [7, 11) is 0. The Bertz CT molecular complexity index is 1080. The van der Waals surface area contributed by atoms with Crippen LogP contribution in [0.5, 0.6) is 0 Å². The maximum atomic E-state index is 12.8. The highest BCUT2D eigenvalue weighted by Gasteiger charge is 2.30. The third kappa shape index (κ3) is 3.98. The summed E-state index contributed by atoms with van der Waals surface area (Å²) in [5.41, 5.74) is 6.19. The SMILES string of the molecule is NC(=O)OCc1ccc(-c2cnc3c(=O)n(CC4(O)CCNCC4)cnn23)cc1. The minimum Gasteiger partial charge on any atom is -0.445 e. The number of ether oxygens (including phenoxy) is 1. The van der Waals surface area contributed by atoms with Crippen molar-refractivity contribution < 1.29 is 14.6 Å². The van der Waals surface area contributed by atoms with E-state index in [0.717, 1.165) is 24.2 Å². The van der Waals surface area contributed by atoms with E-state index in [4.69, 9.17) is 10.5 Å². The minimum absolute atomic E-state index is 0.0875. The zero-order valence-electron chi connectivity index (χ0n) is 15.7. The fourth-order valence-corrected chi connectivity index (χ4v) is 3.51. The number of carbonyl (C=O) groups excluding carboxylic acids is 1. The number of imidazole rings is 1. The van der Waals surface area contributed by atoms with Gasteiger partial charge >= 0.3 is 6.09 Å². The maximum Gasteiger partial charge on any atom is 0.404 e. The van der Waals surface area contributed by atoms with E-state index in [1.54, 1.807) is 18.3 Å². The maximum absolute atomic E-state index is 12.8. The minimum atomic E-state index is -0.923. The van der Waals surface area contributed by atoms with Gasteiger partial charge in [-0.2, -0.15) is 5.10 Å². The van der Waals surface area contributed by atoms with Gasteiger partial charge in [0.1, 0.15) is 12.9 Å². The Labute approximate surface area is 165 Å². The van der Waals surface area contributed by atoms with Crippen molar-refractivity contribution >= 4 is 11.7 Å². The lowest BCUT2D eigenvalue weighted by Gasteiger charge is -2.32. The van der Waals surface area contributed by atoms with E-state index in [1.165, 1.54) is 15.4 Å². The molecule has 3 heterocycles. The molecule has 0 unspecified atom stereocenters. The highest BCUT2D eigenvalue weighted by molar-refractivity contribution is 5.65. The first-order valence-corrected chi connectivity index (χ1v) is 9.33. The molecule has 1 aliphatic rings. The predicted molar refractivity (Wildman–Crippen MR) is 104 cm³/mol. The first kappa shape index (κ1) is 19.1. The van der Waals surface area contributed by atoms with E-state index < -0.39 is 11.7 Å². The monoisotopic (exact) mass is 398 g/mol. The molecule has 1 aromatic carbocycles. The van der Waals surface area contributed by atoms with E-state index in [0.29, 0.717) is 18.5 Å². The largest absolute Gasteiger partial charge is 0.445 e. The molecule has 0 spiro atoms. The molecule has 2 aromatic heterocycles. The Kier molecular flexibility index (Phi) is 5.03. The van der Waals surface area contributed by atoms with Crippen LogP contribution in [0.3, 0.4) is 0 Å². The lowest BCUT2D eigenvalue weighted by Crippen LogP contribution is -2.46. The van der Waals surface area contributed by atoms with Gasteiger partial charge in [-0.3, -0.25) is 9.36 Å². The van der Waals surface area contributed by atoms with Crippen LogP contribution in [0.4, 0.5) is 4.79 Å². The van der Waals surface area contributed by atoms with Gasteiger partial charge in [0.15, 0.2) is 0 Å². The molecule has 0 saturated carbocycles. The molecule has 29 heavy (non-hydrogen) atoms. The molecule has 10 heteroatoms. The molecular weight excluding hydrogens is 376 g/mol. The Morgan fingerprint density at radius 3 is 2.69 bits per heavy atom. The van der Waals surface area contributed by atoms with Gasteiger partial charge in [0.2, 0.25) is 5.65 Å². The van der Waals surface area contributed by atoms with Gasteiger partial charge in [0.25, 0.3) is 5.56 Å². The van der Waals surface area contributed by atoms with E-state index >= 15 is 0 Å². The third-order valence-corrected chi connectivity index (χ3v) is 5.13. The van der Waals surface area contributed by atoms with Gasteiger partial charge < -0.3 is 20.9 Å². The molecule has 152 valence electrons. The topological polar surface area (TPSA) is 137 Å². The predicted octanol–water partition coefficient (Wildman–Crippen LogP) is 0.268. The van der Waals surface area contributed by atoms with E-state index in [-0.39, 0.29) is 24.4 Å². The summed E-state index contributed by atoms with van der Waals surface area (Å²) in [5, 5.41) is 18.3. The third-order valence-electron chi connectivity index (χ3n) is 5.13. The Hall–Kier alpha value is -3.24. The number of aromatic nitrogens is 4. The lowest BCUT2D eigenvalue weighted by atomic mass is 9.92. The van der Waals surface area contributed by atoms with Gasteiger partial charge in [0.05, 0.1) is 24.0 Å². The summed E-state index contributed by atoms with van der Waals surface area (Å²) in [6.45, 7) is 1.71. The number of aliphatic hydroxyl groups is 1. The number of hydrogen-bond donors (Lipinski definition) is 3. The number of primary amides is 1. The van der Waals surface area contributed by atoms with Gasteiger partial charge in [-0.05, 0) is 31.5 Å². The van der Waals surface area contributed by atoms with Crippen LogP contribution in [0.15, 0.2) is 41.6 Å². The number of nitrogens with one attached hydrogen (secondary N) is 1. The quantitative estimate of drug-likeness (QED) is 0.561. The summed E-state index contributed by atoms with van der Waals surface area (Å²) in [4.78, 5) is 27.8. The van der Waals surface area contributed by atoms with Crippen LogP contribution >= 0.6 is 0 Å². The average Bonchev–Trinajstić information content (AvgIpc) is 3.14. The van der Waals surface area contributed by atoms with Crippen molar-refractivity contribution in [1.29, 1.82) is 0 Å². The number of carbonyl (C=O) groups is 1. The summed E-state index contributed by atoms with van der Waals surface area (Å²) >= 11 is 0. The van der Waals surface area contributed by atoms with E-state index in [2.05, 4.69) is 15.4 Å². The standard InChI is InChI=1S/C19H22N6O4/c20-18(27)29-10-13-1-3-14(4-2-13)15-9-22-16-17(26)24(12-23-25(15)16)11-19(28)5-7-21-8-6-19/h1-4,9,12,21,28H,5-8,10-11H2,(H2,20,27). The number of rotatable bonds is 5. The van der Waals surface area contributed by atoms with Crippen molar-refractivity contribution in [3.8, 4) is 11.3 Å². The van der Waals surface area contributed by atoms with Gasteiger partial charge in [0, 0.05) is 5.56 Å². The number of benzene rings is 1. The molecule has 4 N–H and O–H groups in total. The zero-order chi connectivity index (χ0) is 20.4. The van der Waals surface area contributed by atoms with Gasteiger partial charge in [-0.1, -0.05) is 24.3 Å². The number of hydrogen-bond acceptors (Lipinski definition) is 7. The number of piperidine rings is 1. The van der Waals surface area contributed by atoms with Crippen molar-refractivity contribution in [2.45, 2.75) is 31.6 Å². The molecule has 0 radical (unpaired) electrons. The van der Waals surface area contributed by atoms with E-state index in [1.807, 2.05) is 12.1 Å². The molecule has 3 aromatic rings. The second kappa shape index (κ2) is 7.64. The number of nitrogens with zero attached hydrogens (tertiary/aromatic N) is 4. The normalized spacial score (nSPS) is 16.0. The van der Waals surface area contributed by atoms with Gasteiger partial charge in [-0.25, -0.2) is 14.3 Å². The molecule has 1 fully saturated rings. The van der Waals surface area contributed by atoms with E-state index in [9.17, 15) is 14.7 Å². The first-order chi connectivity index (χ1) is 14.0. The molecule has 0 aliphatic carbocycles. The lowest BCUT2D eigenvalue weighted by molar-refractivity contribution is -0.00643. The van der Waals surface area contributed by atoms with Crippen LogP contribution in [0, 0.1) is 0 Å². The van der Waals surface area contributed by atoms with Crippen LogP contribution in [0.2, 0.25) is 0 Å². The van der Waals surface area contributed by atoms with Crippen molar-refractivity contribution in [3.05, 3.63) is 52.7 Å². The number of amides is 1. The van der Waals surface area contributed by atoms with Crippen molar-refractivity contribution in [2.75, 3.05) is 13.1 Å². The summed E-state index contributed by atoms with van der Waals surface area (Å²) in [5.74, 6) is 0. The van der Waals surface area contributed by atoms with Crippen LogP contribution in [0.25, 0.3) is 16.9 Å². The second-order valence-corrected chi connectivity index (χ2v) is 7.22. The molecule has 0 atom stereocenters. The van der Waals surface area contributed by atoms with Crippen molar-refractivity contribution in [1.82, 2.24) is 24.5 Å². The Balaban J connectivity index is 1.60. The van der Waals surface area contributed by atoms with Crippen molar-refractivity contribution in [3.63, 3.8) is 0 Å². The second-order valence-electron chi connectivity index (χ2n) is 7.22. The van der Waals surface area contributed by atoms with Crippen LogP contribution in [0.1, 0.15) is 18.4 Å². The smallest absolute Gasteiger partial charge is 0.404 e. The molecule has 10 nitrogen and oxygen atoms in total.